The number of rotatable bonds is 7. The molecule has 7 heteroatoms. The largest absolute Gasteiger partial charge is 0.449 e. The van der Waals surface area contributed by atoms with E-state index in [0.717, 1.165) is 17.1 Å². The molecule has 1 atom stereocenters. The zero-order chi connectivity index (χ0) is 19.1. The summed E-state index contributed by atoms with van der Waals surface area (Å²) in [6.45, 7) is 7.97. The number of amides is 2. The molecule has 2 rings (SSSR count). The van der Waals surface area contributed by atoms with Crippen LogP contribution < -0.4 is 10.6 Å². The highest BCUT2D eigenvalue weighted by atomic mass is 16.5. The second-order valence-corrected chi connectivity index (χ2v) is 6.76. The van der Waals surface area contributed by atoms with Gasteiger partial charge in [-0.25, -0.2) is 9.78 Å². The van der Waals surface area contributed by atoms with Crippen LogP contribution in [0.15, 0.2) is 36.8 Å². The van der Waals surface area contributed by atoms with Crippen LogP contribution >= 0.6 is 0 Å². The summed E-state index contributed by atoms with van der Waals surface area (Å²) < 4.78 is 6.88. The highest BCUT2D eigenvalue weighted by Gasteiger charge is 2.13. The second-order valence-electron chi connectivity index (χ2n) is 6.76. The number of imide groups is 1. The van der Waals surface area contributed by atoms with Crippen molar-refractivity contribution in [3.8, 4) is 5.69 Å². The Morgan fingerprint density at radius 1 is 1.19 bits per heavy atom. The van der Waals surface area contributed by atoms with Crippen molar-refractivity contribution in [3.05, 3.63) is 42.5 Å². The van der Waals surface area contributed by atoms with Gasteiger partial charge in [0.1, 0.15) is 0 Å². The maximum Gasteiger partial charge on any atom is 0.413 e. The van der Waals surface area contributed by atoms with E-state index in [4.69, 9.17) is 4.74 Å². The van der Waals surface area contributed by atoms with Crippen LogP contribution in [0.2, 0.25) is 0 Å². The molecule has 2 amide bonds. The maximum atomic E-state index is 11.9. The predicted molar refractivity (Wildman–Crippen MR) is 100 cm³/mol. The monoisotopic (exact) mass is 358 g/mol. The van der Waals surface area contributed by atoms with Gasteiger partial charge in [-0.1, -0.05) is 13.8 Å². The number of hydrogen-bond donors (Lipinski definition) is 2. The topological polar surface area (TPSA) is 85.2 Å². The summed E-state index contributed by atoms with van der Waals surface area (Å²) in [4.78, 5) is 27.6. The average Bonchev–Trinajstić information content (AvgIpc) is 2.99. The molecule has 0 fully saturated rings. The molecule has 0 spiro atoms. The highest BCUT2D eigenvalue weighted by molar-refractivity contribution is 5.92. The molecular formula is C19H26N4O3. The molecule has 0 aliphatic heterocycles. The lowest BCUT2D eigenvalue weighted by Crippen LogP contribution is -2.35. The van der Waals surface area contributed by atoms with Gasteiger partial charge in [-0.2, -0.15) is 0 Å². The van der Waals surface area contributed by atoms with Crippen molar-refractivity contribution in [2.24, 2.45) is 5.92 Å². The Labute approximate surface area is 153 Å². The van der Waals surface area contributed by atoms with Crippen molar-refractivity contribution in [1.82, 2.24) is 14.9 Å². The van der Waals surface area contributed by atoms with Crippen molar-refractivity contribution in [3.63, 3.8) is 0 Å². The van der Waals surface area contributed by atoms with E-state index in [-0.39, 0.29) is 30.9 Å². The molecule has 2 N–H and O–H groups in total. The van der Waals surface area contributed by atoms with E-state index >= 15 is 0 Å². The van der Waals surface area contributed by atoms with Gasteiger partial charge in [0.2, 0.25) is 5.91 Å². The number of carbonyl (C=O) groups is 2. The van der Waals surface area contributed by atoms with Gasteiger partial charge < -0.3 is 14.6 Å². The summed E-state index contributed by atoms with van der Waals surface area (Å²) >= 11 is 0. The number of aromatic nitrogens is 2. The molecule has 0 aliphatic rings. The Morgan fingerprint density at radius 2 is 1.88 bits per heavy atom. The van der Waals surface area contributed by atoms with Crippen molar-refractivity contribution >= 4 is 17.7 Å². The van der Waals surface area contributed by atoms with Crippen LogP contribution in [0.4, 0.5) is 10.5 Å². The van der Waals surface area contributed by atoms with E-state index in [1.54, 1.807) is 6.33 Å². The third-order valence-corrected chi connectivity index (χ3v) is 3.57. The van der Waals surface area contributed by atoms with Crippen LogP contribution in [0.5, 0.6) is 0 Å². The predicted octanol–water partition coefficient (Wildman–Crippen LogP) is 3.28. The first-order chi connectivity index (χ1) is 12.3. The summed E-state index contributed by atoms with van der Waals surface area (Å²) in [7, 11) is 0. The van der Waals surface area contributed by atoms with Crippen molar-refractivity contribution in [2.45, 2.75) is 40.2 Å². The number of carbonyl (C=O) groups excluding carboxylic acids is 2. The molecule has 2 aromatic rings. The normalized spacial score (nSPS) is 11.9. The molecule has 1 aromatic heterocycles. The number of ether oxygens (including phenoxy) is 1. The van der Waals surface area contributed by atoms with Gasteiger partial charge in [0.25, 0.3) is 0 Å². The zero-order valence-corrected chi connectivity index (χ0v) is 15.7. The summed E-state index contributed by atoms with van der Waals surface area (Å²) in [5.41, 5.74) is 2.86. The molecule has 0 saturated heterocycles. The van der Waals surface area contributed by atoms with Gasteiger partial charge in [-0.15, -0.1) is 0 Å². The first-order valence-electron chi connectivity index (χ1n) is 8.67. The number of anilines is 1. The summed E-state index contributed by atoms with van der Waals surface area (Å²) in [5, 5.41) is 5.48. The molecule has 1 unspecified atom stereocenters. The summed E-state index contributed by atoms with van der Waals surface area (Å²) in [5.74, 6) is -0.144. The number of alkyl carbamates (subject to hydrolysis) is 1. The Hall–Kier alpha value is -2.83. The highest BCUT2D eigenvalue weighted by Crippen LogP contribution is 2.15. The van der Waals surface area contributed by atoms with E-state index in [1.165, 1.54) is 0 Å². The smallest absolute Gasteiger partial charge is 0.413 e. The van der Waals surface area contributed by atoms with E-state index in [0.29, 0.717) is 0 Å². The molecule has 1 aromatic carbocycles. The lowest BCUT2D eigenvalue weighted by atomic mass is 10.2. The molecule has 1 heterocycles. The minimum Gasteiger partial charge on any atom is -0.449 e. The van der Waals surface area contributed by atoms with Gasteiger partial charge in [-0.3, -0.25) is 10.1 Å². The number of nitrogens with one attached hydrogen (secondary N) is 2. The molecular weight excluding hydrogens is 332 g/mol. The quantitative estimate of drug-likeness (QED) is 0.793. The molecule has 0 aliphatic carbocycles. The van der Waals surface area contributed by atoms with Crippen LogP contribution in [-0.2, 0) is 9.53 Å². The number of benzene rings is 1. The number of imidazole rings is 1. The van der Waals surface area contributed by atoms with Gasteiger partial charge in [0, 0.05) is 30.0 Å². The third kappa shape index (κ3) is 6.23. The van der Waals surface area contributed by atoms with Crippen LogP contribution in [-0.4, -0.2) is 34.2 Å². The number of aryl methyl sites for hydroxylation is 1. The minimum atomic E-state index is -0.698. The summed E-state index contributed by atoms with van der Waals surface area (Å²) in [6, 6.07) is 7.69. The second kappa shape index (κ2) is 9.03. The van der Waals surface area contributed by atoms with E-state index in [2.05, 4.69) is 15.6 Å². The van der Waals surface area contributed by atoms with Crippen LogP contribution in [0.25, 0.3) is 5.69 Å². The van der Waals surface area contributed by atoms with Crippen LogP contribution in [0.1, 0.15) is 32.9 Å². The Morgan fingerprint density at radius 3 is 2.46 bits per heavy atom. The lowest BCUT2D eigenvalue weighted by Gasteiger charge is -2.15. The lowest BCUT2D eigenvalue weighted by molar-refractivity contribution is -0.120. The number of hydrogen-bond acceptors (Lipinski definition) is 5. The first kappa shape index (κ1) is 19.5. The standard InChI is InChI=1S/C19H26N4O3/c1-13(2)11-26-19(25)22-18(24)9-14(3)21-16-5-7-17(8-6-16)23-10-15(4)20-12-23/h5-8,10,12-14,21H,9,11H2,1-4H3,(H,22,24,25). The van der Waals surface area contributed by atoms with Crippen LogP contribution in [0, 0.1) is 12.8 Å². The molecule has 140 valence electrons. The Bertz CT molecular complexity index is 737. The fourth-order valence-corrected chi connectivity index (χ4v) is 2.35. The minimum absolute atomic E-state index is 0.130. The van der Waals surface area contributed by atoms with Crippen molar-refractivity contribution in [2.75, 3.05) is 11.9 Å². The molecule has 7 nitrogen and oxygen atoms in total. The fourth-order valence-electron chi connectivity index (χ4n) is 2.35. The van der Waals surface area contributed by atoms with E-state index < -0.39 is 6.09 Å². The fraction of sp³-hybridized carbons (Fsp3) is 0.421. The molecule has 26 heavy (non-hydrogen) atoms. The van der Waals surface area contributed by atoms with Crippen molar-refractivity contribution < 1.29 is 14.3 Å². The van der Waals surface area contributed by atoms with Crippen molar-refractivity contribution in [1.29, 1.82) is 0 Å². The molecule has 0 saturated carbocycles. The van der Waals surface area contributed by atoms with Gasteiger partial charge in [0.05, 0.1) is 18.6 Å². The molecule has 0 bridgehead atoms. The number of nitrogens with zero attached hydrogens (tertiary/aromatic N) is 2. The maximum absolute atomic E-state index is 11.9. The summed E-state index contributed by atoms with van der Waals surface area (Å²) in [6.07, 6.45) is 3.19. The zero-order valence-electron chi connectivity index (χ0n) is 15.7. The van der Waals surface area contributed by atoms with Gasteiger partial charge >= 0.3 is 6.09 Å². The van der Waals surface area contributed by atoms with Gasteiger partial charge in [-0.05, 0) is 44.0 Å². The average molecular weight is 358 g/mol. The Kier molecular flexibility index (Phi) is 6.77. The third-order valence-electron chi connectivity index (χ3n) is 3.57. The van der Waals surface area contributed by atoms with Crippen LogP contribution in [0.3, 0.4) is 0 Å². The van der Waals surface area contributed by atoms with E-state index in [1.807, 2.05) is 62.7 Å². The Balaban J connectivity index is 1.80. The first-order valence-corrected chi connectivity index (χ1v) is 8.67. The van der Waals surface area contributed by atoms with E-state index in [9.17, 15) is 9.59 Å². The molecule has 0 radical (unpaired) electrons. The van der Waals surface area contributed by atoms with Gasteiger partial charge in [0.15, 0.2) is 0 Å². The SMILES string of the molecule is Cc1cn(-c2ccc(NC(C)CC(=O)NC(=O)OCC(C)C)cc2)cn1.